The molecular weight excluding hydrogens is 290 g/mol. The molecule has 0 aromatic heterocycles. The van der Waals surface area contributed by atoms with E-state index < -0.39 is 0 Å². The van der Waals surface area contributed by atoms with Crippen molar-refractivity contribution in [3.63, 3.8) is 0 Å². The fourth-order valence-electron chi connectivity index (χ4n) is 1.96. The van der Waals surface area contributed by atoms with Crippen LogP contribution < -0.4 is 0 Å². The van der Waals surface area contributed by atoms with Crippen LogP contribution in [-0.4, -0.2) is 43.4 Å². The van der Waals surface area contributed by atoms with E-state index >= 15 is 0 Å². The van der Waals surface area contributed by atoms with Crippen LogP contribution in [0.15, 0.2) is 24.3 Å². The molecular formula is C16H24ClNO3. The number of esters is 1. The Bertz CT molecular complexity index is 459. The molecule has 0 amide bonds. The van der Waals surface area contributed by atoms with Gasteiger partial charge in [0, 0.05) is 18.2 Å². The lowest BCUT2D eigenvalue weighted by atomic mass is 10.0. The molecule has 0 aliphatic heterocycles. The van der Waals surface area contributed by atoms with Crippen molar-refractivity contribution in [3.8, 4) is 0 Å². The summed E-state index contributed by atoms with van der Waals surface area (Å²) in [7, 11) is 3.40. The van der Waals surface area contributed by atoms with Crippen molar-refractivity contribution in [1.29, 1.82) is 0 Å². The second-order valence-corrected chi connectivity index (χ2v) is 5.11. The molecule has 1 rings (SSSR count). The number of Topliss-reactive ketones (excluding diaryl/α,β-unsaturated/α-hetero) is 1. The second-order valence-electron chi connectivity index (χ2n) is 5.11. The van der Waals surface area contributed by atoms with E-state index in [9.17, 15) is 9.59 Å². The van der Waals surface area contributed by atoms with Gasteiger partial charge in [0.05, 0.1) is 13.5 Å². The standard InChI is InChI=1S/C16H23NO3.ClH/c1-12(17(3)10-9-16(19)20-4)11-14-5-7-15(8-6-14)13(2)18;/h5-8,12H,9-11H2,1-4H3;1H. The molecule has 21 heavy (non-hydrogen) atoms. The molecule has 0 saturated heterocycles. The Balaban J connectivity index is 0.00000400. The van der Waals surface area contributed by atoms with Gasteiger partial charge in [-0.3, -0.25) is 9.59 Å². The average Bonchev–Trinajstić information content (AvgIpc) is 2.44. The maximum Gasteiger partial charge on any atom is 0.306 e. The van der Waals surface area contributed by atoms with Gasteiger partial charge < -0.3 is 9.64 Å². The van der Waals surface area contributed by atoms with Gasteiger partial charge in [-0.15, -0.1) is 12.4 Å². The molecule has 1 aromatic rings. The maximum absolute atomic E-state index is 11.2. The smallest absolute Gasteiger partial charge is 0.306 e. The van der Waals surface area contributed by atoms with E-state index in [0.717, 1.165) is 12.0 Å². The summed E-state index contributed by atoms with van der Waals surface area (Å²) in [6.07, 6.45) is 1.29. The molecule has 0 aliphatic rings. The van der Waals surface area contributed by atoms with Gasteiger partial charge in [-0.25, -0.2) is 0 Å². The first kappa shape index (κ1) is 19.6. The van der Waals surface area contributed by atoms with Crippen LogP contribution in [0.1, 0.15) is 36.2 Å². The van der Waals surface area contributed by atoms with Crippen LogP contribution in [0.3, 0.4) is 0 Å². The first-order valence-electron chi connectivity index (χ1n) is 6.81. The van der Waals surface area contributed by atoms with Crippen LogP contribution >= 0.6 is 12.4 Å². The Labute approximate surface area is 132 Å². The SMILES string of the molecule is COC(=O)CCN(C)C(C)Cc1ccc(C(C)=O)cc1.Cl. The van der Waals surface area contributed by atoms with E-state index in [-0.39, 0.29) is 24.2 Å². The van der Waals surface area contributed by atoms with Crippen molar-refractivity contribution in [2.45, 2.75) is 32.7 Å². The monoisotopic (exact) mass is 313 g/mol. The molecule has 5 heteroatoms. The van der Waals surface area contributed by atoms with Crippen LogP contribution in [0.4, 0.5) is 0 Å². The third-order valence-corrected chi connectivity index (χ3v) is 3.54. The summed E-state index contributed by atoms with van der Waals surface area (Å²) in [6, 6.07) is 8.02. The molecule has 0 aliphatic carbocycles. The van der Waals surface area contributed by atoms with Gasteiger partial charge in [0.2, 0.25) is 0 Å². The molecule has 0 bridgehead atoms. The van der Waals surface area contributed by atoms with Gasteiger partial charge in [-0.2, -0.15) is 0 Å². The molecule has 1 aromatic carbocycles. The predicted octanol–water partition coefficient (Wildman–Crippen LogP) is 2.74. The minimum atomic E-state index is -0.185. The fraction of sp³-hybridized carbons (Fsp3) is 0.500. The number of halogens is 1. The molecule has 0 radical (unpaired) electrons. The molecule has 0 spiro atoms. The summed E-state index contributed by atoms with van der Waals surface area (Å²) in [6.45, 7) is 4.37. The van der Waals surface area contributed by atoms with Crippen molar-refractivity contribution in [3.05, 3.63) is 35.4 Å². The van der Waals surface area contributed by atoms with E-state index in [1.165, 1.54) is 12.7 Å². The quantitative estimate of drug-likeness (QED) is 0.573. The van der Waals surface area contributed by atoms with Gasteiger partial charge in [-0.05, 0) is 32.9 Å². The van der Waals surface area contributed by atoms with Crippen molar-refractivity contribution >= 4 is 24.2 Å². The Morgan fingerprint density at radius 2 is 1.81 bits per heavy atom. The Morgan fingerprint density at radius 1 is 1.24 bits per heavy atom. The number of likely N-dealkylation sites (N-methyl/N-ethyl adjacent to an activating group) is 1. The summed E-state index contributed by atoms with van der Waals surface area (Å²) in [4.78, 5) is 24.5. The highest BCUT2D eigenvalue weighted by atomic mass is 35.5. The van der Waals surface area contributed by atoms with Gasteiger partial charge in [0.15, 0.2) is 5.78 Å². The lowest BCUT2D eigenvalue weighted by Crippen LogP contribution is -2.32. The normalized spacial score (nSPS) is 11.7. The summed E-state index contributed by atoms with van der Waals surface area (Å²) in [5.74, 6) is -0.102. The van der Waals surface area contributed by atoms with Gasteiger partial charge in [-0.1, -0.05) is 24.3 Å². The second kappa shape index (κ2) is 9.53. The summed E-state index contributed by atoms with van der Waals surface area (Å²) < 4.78 is 4.64. The third-order valence-electron chi connectivity index (χ3n) is 3.54. The first-order valence-corrected chi connectivity index (χ1v) is 6.81. The van der Waals surface area contributed by atoms with Gasteiger partial charge in [0.1, 0.15) is 0 Å². The Kier molecular flexibility index (Phi) is 8.90. The third kappa shape index (κ3) is 6.74. The topological polar surface area (TPSA) is 46.6 Å². The largest absolute Gasteiger partial charge is 0.469 e. The highest BCUT2D eigenvalue weighted by molar-refractivity contribution is 5.94. The number of carbonyl (C=O) groups is 2. The molecule has 1 unspecified atom stereocenters. The van der Waals surface area contributed by atoms with Crippen LogP contribution in [0.25, 0.3) is 0 Å². The van der Waals surface area contributed by atoms with E-state index in [1.54, 1.807) is 6.92 Å². The van der Waals surface area contributed by atoms with Crippen molar-refractivity contribution in [2.24, 2.45) is 0 Å². The van der Waals surface area contributed by atoms with Crippen molar-refractivity contribution < 1.29 is 14.3 Å². The number of carbonyl (C=O) groups excluding carboxylic acids is 2. The number of nitrogens with zero attached hydrogens (tertiary/aromatic N) is 1. The molecule has 118 valence electrons. The van der Waals surface area contributed by atoms with Crippen LogP contribution in [-0.2, 0) is 16.0 Å². The van der Waals surface area contributed by atoms with Crippen LogP contribution in [0, 0.1) is 0 Å². The number of benzene rings is 1. The number of methoxy groups -OCH3 is 1. The van der Waals surface area contributed by atoms with E-state index in [2.05, 4.69) is 16.6 Å². The zero-order chi connectivity index (χ0) is 15.1. The zero-order valence-corrected chi connectivity index (χ0v) is 13.9. The number of hydrogen-bond donors (Lipinski definition) is 0. The molecule has 1 atom stereocenters. The highest BCUT2D eigenvalue weighted by Gasteiger charge is 2.12. The summed E-state index contributed by atoms with van der Waals surface area (Å²) in [5.41, 5.74) is 1.92. The maximum atomic E-state index is 11.2. The minimum absolute atomic E-state index is 0. The lowest BCUT2D eigenvalue weighted by Gasteiger charge is -2.24. The van der Waals surface area contributed by atoms with E-state index in [4.69, 9.17) is 0 Å². The van der Waals surface area contributed by atoms with Gasteiger partial charge in [0.25, 0.3) is 0 Å². The number of hydrogen-bond acceptors (Lipinski definition) is 4. The molecule has 0 N–H and O–H groups in total. The lowest BCUT2D eigenvalue weighted by molar-refractivity contribution is -0.141. The summed E-state index contributed by atoms with van der Waals surface area (Å²) >= 11 is 0. The van der Waals surface area contributed by atoms with Crippen molar-refractivity contribution in [1.82, 2.24) is 4.90 Å². The molecule has 0 saturated carbocycles. The van der Waals surface area contributed by atoms with E-state index in [0.29, 0.717) is 19.0 Å². The molecule has 4 nitrogen and oxygen atoms in total. The molecule has 0 heterocycles. The fourth-order valence-corrected chi connectivity index (χ4v) is 1.96. The zero-order valence-electron chi connectivity index (χ0n) is 13.1. The Morgan fingerprint density at radius 3 is 2.29 bits per heavy atom. The highest BCUT2D eigenvalue weighted by Crippen LogP contribution is 2.10. The van der Waals surface area contributed by atoms with Gasteiger partial charge >= 0.3 is 5.97 Å². The first-order chi connectivity index (χ1) is 9.43. The van der Waals surface area contributed by atoms with Crippen molar-refractivity contribution in [2.75, 3.05) is 20.7 Å². The minimum Gasteiger partial charge on any atom is -0.469 e. The predicted molar refractivity (Wildman–Crippen MR) is 86.1 cm³/mol. The Hall–Kier alpha value is -1.39. The van der Waals surface area contributed by atoms with Crippen LogP contribution in [0.5, 0.6) is 0 Å². The van der Waals surface area contributed by atoms with E-state index in [1.807, 2.05) is 31.3 Å². The van der Waals surface area contributed by atoms with Crippen LogP contribution in [0.2, 0.25) is 0 Å². The average molecular weight is 314 g/mol. The number of ketones is 1. The summed E-state index contributed by atoms with van der Waals surface area (Å²) in [5, 5.41) is 0. The number of rotatable bonds is 7. The molecule has 0 fully saturated rings. The number of ether oxygens (including phenoxy) is 1.